The fourth-order valence-corrected chi connectivity index (χ4v) is 1.71. The lowest BCUT2D eigenvalue weighted by Crippen LogP contribution is -2.29. The van der Waals surface area contributed by atoms with E-state index >= 15 is 0 Å². The number of rotatable bonds is 7. The molecule has 1 rings (SSSR count). The molecule has 0 saturated carbocycles. The van der Waals surface area contributed by atoms with E-state index in [0.717, 1.165) is 25.9 Å². The fraction of sp³-hybridized carbons (Fsp3) is 0.615. The molecule has 1 atom stereocenters. The molecule has 0 amide bonds. The molecule has 1 heterocycles. The van der Waals surface area contributed by atoms with E-state index in [1.807, 2.05) is 12.3 Å². The molecule has 1 aromatic rings. The minimum Gasteiger partial charge on any atom is -0.396 e. The molecule has 0 saturated heterocycles. The van der Waals surface area contributed by atoms with Crippen molar-refractivity contribution in [3.05, 3.63) is 30.1 Å². The van der Waals surface area contributed by atoms with Gasteiger partial charge in [0, 0.05) is 32.1 Å². The van der Waals surface area contributed by atoms with Crippen molar-refractivity contribution in [3.63, 3.8) is 0 Å². The van der Waals surface area contributed by atoms with Crippen LogP contribution in [0.2, 0.25) is 0 Å². The van der Waals surface area contributed by atoms with E-state index in [9.17, 15) is 0 Å². The van der Waals surface area contributed by atoms with Crippen molar-refractivity contribution >= 4 is 0 Å². The third kappa shape index (κ3) is 4.73. The number of aromatic nitrogens is 1. The highest BCUT2D eigenvalue weighted by molar-refractivity contribution is 5.08. The van der Waals surface area contributed by atoms with Gasteiger partial charge in [-0.25, -0.2) is 0 Å². The average Bonchev–Trinajstić information content (AvgIpc) is 2.34. The first-order valence-corrected chi connectivity index (χ1v) is 5.94. The first-order valence-electron chi connectivity index (χ1n) is 5.94. The average molecular weight is 222 g/mol. The summed E-state index contributed by atoms with van der Waals surface area (Å²) in [6, 6.07) is 4.07. The molecule has 0 aliphatic rings. The van der Waals surface area contributed by atoms with Crippen LogP contribution in [0.15, 0.2) is 24.5 Å². The molecular formula is C13H22N2O. The lowest BCUT2D eigenvalue weighted by Gasteiger charge is -2.21. The Morgan fingerprint density at radius 2 is 2.31 bits per heavy atom. The molecule has 0 radical (unpaired) electrons. The lowest BCUT2D eigenvalue weighted by molar-refractivity contribution is 0.177. The van der Waals surface area contributed by atoms with Gasteiger partial charge in [-0.2, -0.15) is 0 Å². The molecule has 16 heavy (non-hydrogen) atoms. The largest absolute Gasteiger partial charge is 0.396 e. The molecule has 0 aromatic carbocycles. The third-order valence-corrected chi connectivity index (χ3v) is 2.91. The van der Waals surface area contributed by atoms with E-state index < -0.39 is 0 Å². The van der Waals surface area contributed by atoms with Crippen molar-refractivity contribution in [3.8, 4) is 0 Å². The van der Waals surface area contributed by atoms with Crippen LogP contribution in [-0.2, 0) is 6.42 Å². The van der Waals surface area contributed by atoms with Crippen molar-refractivity contribution in [1.29, 1.82) is 0 Å². The van der Waals surface area contributed by atoms with Gasteiger partial charge in [-0.05, 0) is 37.4 Å². The quantitative estimate of drug-likeness (QED) is 0.761. The van der Waals surface area contributed by atoms with Crippen LogP contribution in [0.5, 0.6) is 0 Å². The van der Waals surface area contributed by atoms with Crippen molar-refractivity contribution in [2.24, 2.45) is 5.92 Å². The van der Waals surface area contributed by atoms with E-state index in [0.29, 0.717) is 5.92 Å². The smallest absolute Gasteiger partial charge is 0.0471 e. The summed E-state index contributed by atoms with van der Waals surface area (Å²) >= 11 is 0. The van der Waals surface area contributed by atoms with Crippen LogP contribution >= 0.6 is 0 Å². The van der Waals surface area contributed by atoms with E-state index in [1.54, 1.807) is 6.20 Å². The van der Waals surface area contributed by atoms with Crippen molar-refractivity contribution in [2.45, 2.75) is 19.8 Å². The zero-order chi connectivity index (χ0) is 11.8. The van der Waals surface area contributed by atoms with Crippen LogP contribution in [0.4, 0.5) is 0 Å². The van der Waals surface area contributed by atoms with Crippen molar-refractivity contribution in [1.82, 2.24) is 9.88 Å². The standard InChI is InChI=1S/C13H22N2O/c1-3-12(11-16)10-15(2)8-6-13-5-4-7-14-9-13/h4-5,7,9,12,16H,3,6,8,10-11H2,1-2H3. The van der Waals surface area contributed by atoms with E-state index in [-0.39, 0.29) is 6.61 Å². The molecule has 0 spiro atoms. The van der Waals surface area contributed by atoms with Gasteiger partial charge in [-0.15, -0.1) is 0 Å². The molecular weight excluding hydrogens is 200 g/mol. The Labute approximate surface area is 98.1 Å². The van der Waals surface area contributed by atoms with Gasteiger partial charge in [0.1, 0.15) is 0 Å². The van der Waals surface area contributed by atoms with Gasteiger partial charge in [-0.1, -0.05) is 13.0 Å². The van der Waals surface area contributed by atoms with Gasteiger partial charge in [0.25, 0.3) is 0 Å². The molecule has 0 fully saturated rings. The maximum atomic E-state index is 9.12. The normalized spacial score (nSPS) is 13.0. The Kier molecular flexibility index (Phi) is 6.04. The Morgan fingerprint density at radius 3 is 2.88 bits per heavy atom. The predicted octanol–water partition coefficient (Wildman–Crippen LogP) is 1.57. The van der Waals surface area contributed by atoms with Gasteiger partial charge in [0.2, 0.25) is 0 Å². The number of hydrogen-bond acceptors (Lipinski definition) is 3. The van der Waals surface area contributed by atoms with Crippen LogP contribution in [0, 0.1) is 5.92 Å². The van der Waals surface area contributed by atoms with Gasteiger partial charge >= 0.3 is 0 Å². The summed E-state index contributed by atoms with van der Waals surface area (Å²) < 4.78 is 0. The summed E-state index contributed by atoms with van der Waals surface area (Å²) in [6.07, 6.45) is 5.77. The topological polar surface area (TPSA) is 36.4 Å². The van der Waals surface area contributed by atoms with Crippen molar-refractivity contribution < 1.29 is 5.11 Å². The van der Waals surface area contributed by atoms with E-state index in [2.05, 4.69) is 29.9 Å². The SMILES string of the molecule is CCC(CO)CN(C)CCc1cccnc1. The fourth-order valence-electron chi connectivity index (χ4n) is 1.71. The second-order valence-electron chi connectivity index (χ2n) is 4.33. The van der Waals surface area contributed by atoms with E-state index in [1.165, 1.54) is 5.56 Å². The second-order valence-corrected chi connectivity index (χ2v) is 4.33. The minimum atomic E-state index is 0.285. The van der Waals surface area contributed by atoms with Crippen LogP contribution in [-0.4, -0.2) is 41.7 Å². The summed E-state index contributed by atoms with van der Waals surface area (Å²) in [4.78, 5) is 6.37. The Balaban J connectivity index is 2.27. The molecule has 3 heteroatoms. The van der Waals surface area contributed by atoms with Crippen LogP contribution in [0.3, 0.4) is 0 Å². The maximum absolute atomic E-state index is 9.12. The van der Waals surface area contributed by atoms with Crippen molar-refractivity contribution in [2.75, 3.05) is 26.7 Å². The molecule has 1 N–H and O–H groups in total. The zero-order valence-corrected chi connectivity index (χ0v) is 10.3. The molecule has 1 unspecified atom stereocenters. The zero-order valence-electron chi connectivity index (χ0n) is 10.3. The number of nitrogens with zero attached hydrogens (tertiary/aromatic N) is 2. The highest BCUT2D eigenvalue weighted by Gasteiger charge is 2.08. The monoisotopic (exact) mass is 222 g/mol. The summed E-state index contributed by atoms with van der Waals surface area (Å²) in [7, 11) is 2.11. The molecule has 0 bridgehead atoms. The lowest BCUT2D eigenvalue weighted by atomic mass is 10.1. The van der Waals surface area contributed by atoms with E-state index in [4.69, 9.17) is 5.11 Å². The molecule has 1 aromatic heterocycles. The highest BCUT2D eigenvalue weighted by atomic mass is 16.3. The number of pyridine rings is 1. The summed E-state index contributed by atoms with van der Waals surface area (Å²) in [5.41, 5.74) is 1.27. The van der Waals surface area contributed by atoms with Gasteiger partial charge < -0.3 is 10.0 Å². The summed E-state index contributed by atoms with van der Waals surface area (Å²) in [5, 5.41) is 9.12. The van der Waals surface area contributed by atoms with Gasteiger partial charge in [0.15, 0.2) is 0 Å². The number of likely N-dealkylation sites (N-methyl/N-ethyl adjacent to an activating group) is 1. The number of hydrogen-bond donors (Lipinski definition) is 1. The number of aliphatic hydroxyl groups is 1. The molecule has 90 valence electrons. The first kappa shape index (κ1) is 13.1. The van der Waals surface area contributed by atoms with Crippen LogP contribution in [0.25, 0.3) is 0 Å². The Bertz CT molecular complexity index is 273. The predicted molar refractivity (Wildman–Crippen MR) is 66.3 cm³/mol. The van der Waals surface area contributed by atoms with Crippen LogP contribution in [0.1, 0.15) is 18.9 Å². The Hall–Kier alpha value is -0.930. The molecule has 0 aliphatic heterocycles. The minimum absolute atomic E-state index is 0.285. The summed E-state index contributed by atoms with van der Waals surface area (Å²) in [5.74, 6) is 0.402. The molecule has 0 aliphatic carbocycles. The first-order chi connectivity index (χ1) is 7.76. The summed E-state index contributed by atoms with van der Waals surface area (Å²) in [6.45, 7) is 4.39. The third-order valence-electron chi connectivity index (χ3n) is 2.91. The van der Waals surface area contributed by atoms with Gasteiger partial charge in [-0.3, -0.25) is 4.98 Å². The molecule has 3 nitrogen and oxygen atoms in total. The van der Waals surface area contributed by atoms with Crippen LogP contribution < -0.4 is 0 Å². The van der Waals surface area contributed by atoms with Gasteiger partial charge in [0.05, 0.1) is 0 Å². The maximum Gasteiger partial charge on any atom is 0.0471 e. The Morgan fingerprint density at radius 1 is 1.50 bits per heavy atom. The number of aliphatic hydroxyl groups excluding tert-OH is 1. The highest BCUT2D eigenvalue weighted by Crippen LogP contribution is 2.04. The second kappa shape index (κ2) is 7.36.